The Labute approximate surface area is 88.5 Å². The van der Waals surface area contributed by atoms with E-state index in [-0.39, 0.29) is 11.6 Å². The van der Waals surface area contributed by atoms with Gasteiger partial charge in [0.25, 0.3) is 0 Å². The number of hydrogen-bond acceptors (Lipinski definition) is 3. The topological polar surface area (TPSA) is 35.0 Å². The molecular formula is C10H5F3N2O. The van der Waals surface area contributed by atoms with Crippen LogP contribution < -0.4 is 4.74 Å². The molecule has 0 aliphatic carbocycles. The van der Waals surface area contributed by atoms with Crippen molar-refractivity contribution in [2.45, 2.75) is 0 Å². The van der Waals surface area contributed by atoms with Gasteiger partial charge >= 0.3 is 0 Å². The van der Waals surface area contributed by atoms with Gasteiger partial charge in [-0.2, -0.15) is 4.39 Å². The number of nitrogens with zero attached hydrogens (tertiary/aromatic N) is 2. The highest BCUT2D eigenvalue weighted by Gasteiger charge is 2.05. The number of benzene rings is 1. The molecule has 82 valence electrons. The van der Waals surface area contributed by atoms with Crippen LogP contribution in [0, 0.1) is 17.6 Å². The van der Waals surface area contributed by atoms with Crippen molar-refractivity contribution in [1.29, 1.82) is 0 Å². The second kappa shape index (κ2) is 4.18. The van der Waals surface area contributed by atoms with Crippen LogP contribution in [0.1, 0.15) is 0 Å². The van der Waals surface area contributed by atoms with Gasteiger partial charge in [0, 0.05) is 6.07 Å². The van der Waals surface area contributed by atoms with Gasteiger partial charge in [-0.15, -0.1) is 0 Å². The van der Waals surface area contributed by atoms with Crippen molar-refractivity contribution >= 4 is 0 Å². The lowest BCUT2D eigenvalue weighted by Gasteiger charge is -2.04. The Morgan fingerprint density at radius 3 is 2.44 bits per heavy atom. The summed E-state index contributed by atoms with van der Waals surface area (Å²) in [5.74, 6) is -2.86. The molecule has 1 aromatic carbocycles. The molecular weight excluding hydrogens is 221 g/mol. The van der Waals surface area contributed by atoms with E-state index in [9.17, 15) is 13.2 Å². The van der Waals surface area contributed by atoms with Crippen LogP contribution in [0.5, 0.6) is 11.6 Å². The Hall–Kier alpha value is -2.11. The average molecular weight is 226 g/mol. The number of rotatable bonds is 2. The van der Waals surface area contributed by atoms with E-state index in [1.807, 2.05) is 0 Å². The Morgan fingerprint density at radius 2 is 1.75 bits per heavy atom. The summed E-state index contributed by atoms with van der Waals surface area (Å²) in [5, 5.41) is 0. The van der Waals surface area contributed by atoms with E-state index >= 15 is 0 Å². The molecule has 0 aliphatic heterocycles. The summed E-state index contributed by atoms with van der Waals surface area (Å²) < 4.78 is 43.0. The highest BCUT2D eigenvalue weighted by Crippen LogP contribution is 2.21. The minimum Gasteiger partial charge on any atom is -0.439 e. The van der Waals surface area contributed by atoms with Gasteiger partial charge in [0.1, 0.15) is 12.1 Å². The summed E-state index contributed by atoms with van der Waals surface area (Å²) in [7, 11) is 0. The molecule has 6 heteroatoms. The van der Waals surface area contributed by atoms with Gasteiger partial charge in [0.05, 0.1) is 6.07 Å². The average Bonchev–Trinajstić information content (AvgIpc) is 2.24. The molecule has 0 saturated heterocycles. The first kappa shape index (κ1) is 10.4. The third-order valence-corrected chi connectivity index (χ3v) is 1.72. The van der Waals surface area contributed by atoms with Crippen LogP contribution >= 0.6 is 0 Å². The monoisotopic (exact) mass is 226 g/mol. The first-order valence-corrected chi connectivity index (χ1v) is 4.25. The van der Waals surface area contributed by atoms with Gasteiger partial charge in [-0.3, -0.25) is 0 Å². The molecule has 2 aromatic rings. The zero-order chi connectivity index (χ0) is 11.5. The van der Waals surface area contributed by atoms with E-state index in [1.165, 1.54) is 6.07 Å². The summed E-state index contributed by atoms with van der Waals surface area (Å²) in [6, 6.07) is 3.89. The van der Waals surface area contributed by atoms with Crippen LogP contribution in [0.3, 0.4) is 0 Å². The lowest BCUT2D eigenvalue weighted by Crippen LogP contribution is -1.92. The molecule has 0 radical (unpaired) electrons. The third kappa shape index (κ3) is 2.28. The molecule has 0 fully saturated rings. The SMILES string of the molecule is Fc1cc(Oc2ccc(F)c(F)c2)ncn1. The summed E-state index contributed by atoms with van der Waals surface area (Å²) in [4.78, 5) is 6.82. The molecule has 0 aliphatic rings. The molecule has 2 rings (SSSR count). The van der Waals surface area contributed by atoms with Crippen molar-refractivity contribution in [3.63, 3.8) is 0 Å². The maximum atomic E-state index is 12.8. The van der Waals surface area contributed by atoms with E-state index in [2.05, 4.69) is 9.97 Å². The van der Waals surface area contributed by atoms with Crippen LogP contribution in [-0.2, 0) is 0 Å². The Bertz CT molecular complexity index is 519. The van der Waals surface area contributed by atoms with Gasteiger partial charge in [0.15, 0.2) is 11.6 Å². The largest absolute Gasteiger partial charge is 0.439 e. The lowest BCUT2D eigenvalue weighted by molar-refractivity contribution is 0.439. The van der Waals surface area contributed by atoms with Gasteiger partial charge in [0.2, 0.25) is 11.8 Å². The predicted octanol–water partition coefficient (Wildman–Crippen LogP) is 2.69. The number of hydrogen-bond donors (Lipinski definition) is 0. The van der Waals surface area contributed by atoms with Gasteiger partial charge in [-0.1, -0.05) is 0 Å². The lowest BCUT2D eigenvalue weighted by atomic mass is 10.3. The maximum Gasteiger partial charge on any atom is 0.225 e. The first-order chi connectivity index (χ1) is 7.65. The smallest absolute Gasteiger partial charge is 0.225 e. The van der Waals surface area contributed by atoms with Crippen molar-refractivity contribution in [2.75, 3.05) is 0 Å². The van der Waals surface area contributed by atoms with E-state index in [4.69, 9.17) is 4.74 Å². The van der Waals surface area contributed by atoms with Gasteiger partial charge in [-0.25, -0.2) is 18.7 Å². The van der Waals surface area contributed by atoms with E-state index in [0.29, 0.717) is 0 Å². The highest BCUT2D eigenvalue weighted by atomic mass is 19.2. The van der Waals surface area contributed by atoms with E-state index in [0.717, 1.165) is 24.5 Å². The molecule has 0 amide bonds. The van der Waals surface area contributed by atoms with Crippen molar-refractivity contribution in [3.8, 4) is 11.6 Å². The van der Waals surface area contributed by atoms with Crippen molar-refractivity contribution in [1.82, 2.24) is 9.97 Å². The molecule has 3 nitrogen and oxygen atoms in total. The number of halogens is 3. The van der Waals surface area contributed by atoms with E-state index in [1.54, 1.807) is 0 Å². The zero-order valence-electron chi connectivity index (χ0n) is 7.82. The number of ether oxygens (including phenoxy) is 1. The summed E-state index contributed by atoms with van der Waals surface area (Å²) in [6.07, 6.45) is 0.963. The van der Waals surface area contributed by atoms with Crippen molar-refractivity contribution < 1.29 is 17.9 Å². The number of aromatic nitrogens is 2. The highest BCUT2D eigenvalue weighted by molar-refractivity contribution is 5.27. The summed E-state index contributed by atoms with van der Waals surface area (Å²) in [5.41, 5.74) is 0. The van der Waals surface area contributed by atoms with E-state index < -0.39 is 17.6 Å². The Balaban J connectivity index is 2.24. The van der Waals surface area contributed by atoms with Crippen molar-refractivity contribution in [3.05, 3.63) is 48.2 Å². The van der Waals surface area contributed by atoms with Crippen LogP contribution in [0.2, 0.25) is 0 Å². The molecule has 0 spiro atoms. The summed E-state index contributed by atoms with van der Waals surface area (Å²) in [6.45, 7) is 0. The normalized spacial score (nSPS) is 10.2. The fraction of sp³-hybridized carbons (Fsp3) is 0. The Morgan fingerprint density at radius 1 is 0.938 bits per heavy atom. The second-order valence-electron chi connectivity index (χ2n) is 2.86. The fourth-order valence-electron chi connectivity index (χ4n) is 1.03. The molecule has 1 heterocycles. The minimum atomic E-state index is -1.05. The molecule has 0 bridgehead atoms. The van der Waals surface area contributed by atoms with Crippen LogP contribution in [0.4, 0.5) is 13.2 Å². The molecule has 0 atom stereocenters. The molecule has 0 unspecified atom stereocenters. The molecule has 0 N–H and O–H groups in total. The standard InChI is InChI=1S/C10H5F3N2O/c11-7-2-1-6(3-8(7)12)16-10-4-9(13)14-5-15-10/h1-5H. The predicted molar refractivity (Wildman–Crippen MR) is 48.4 cm³/mol. The zero-order valence-corrected chi connectivity index (χ0v) is 7.82. The van der Waals surface area contributed by atoms with Crippen molar-refractivity contribution in [2.24, 2.45) is 0 Å². The fourth-order valence-corrected chi connectivity index (χ4v) is 1.03. The maximum absolute atomic E-state index is 12.8. The van der Waals surface area contributed by atoms with Crippen LogP contribution in [0.15, 0.2) is 30.6 Å². The van der Waals surface area contributed by atoms with Gasteiger partial charge < -0.3 is 4.74 Å². The molecule has 16 heavy (non-hydrogen) atoms. The second-order valence-corrected chi connectivity index (χ2v) is 2.86. The first-order valence-electron chi connectivity index (χ1n) is 4.25. The minimum absolute atomic E-state index is 0.0250. The summed E-state index contributed by atoms with van der Waals surface area (Å²) >= 11 is 0. The molecule has 1 aromatic heterocycles. The third-order valence-electron chi connectivity index (χ3n) is 1.72. The van der Waals surface area contributed by atoms with Gasteiger partial charge in [-0.05, 0) is 12.1 Å². The van der Waals surface area contributed by atoms with Crippen LogP contribution in [0.25, 0.3) is 0 Å². The quantitative estimate of drug-likeness (QED) is 0.738. The molecule has 0 saturated carbocycles. The Kier molecular flexibility index (Phi) is 2.72. The van der Waals surface area contributed by atoms with Crippen LogP contribution in [-0.4, -0.2) is 9.97 Å².